The lowest BCUT2D eigenvalue weighted by Crippen LogP contribution is -2.46. The highest BCUT2D eigenvalue weighted by atomic mass is 16.7. The SMILES string of the molecule is COC1(OC)C2C=CC1C(O)(C1=CCC=CC1)C2. The van der Waals surface area contributed by atoms with Crippen molar-refractivity contribution in [2.45, 2.75) is 30.7 Å². The fourth-order valence-corrected chi connectivity index (χ4v) is 3.83. The zero-order valence-electron chi connectivity index (χ0n) is 10.9. The van der Waals surface area contributed by atoms with Gasteiger partial charge in [0.25, 0.3) is 0 Å². The molecule has 0 aromatic rings. The lowest BCUT2D eigenvalue weighted by molar-refractivity contribution is -0.238. The van der Waals surface area contributed by atoms with E-state index in [1.165, 1.54) is 0 Å². The van der Waals surface area contributed by atoms with Crippen LogP contribution in [0, 0.1) is 11.8 Å². The van der Waals surface area contributed by atoms with Crippen LogP contribution in [0.5, 0.6) is 0 Å². The summed E-state index contributed by atoms with van der Waals surface area (Å²) in [5, 5.41) is 11.1. The first-order valence-electron chi connectivity index (χ1n) is 6.53. The molecule has 1 N–H and O–H groups in total. The molecule has 0 radical (unpaired) electrons. The Morgan fingerprint density at radius 1 is 1.22 bits per heavy atom. The highest BCUT2D eigenvalue weighted by Gasteiger charge is 2.65. The Labute approximate surface area is 108 Å². The second-order valence-electron chi connectivity index (χ2n) is 5.37. The van der Waals surface area contributed by atoms with Gasteiger partial charge in [0.05, 0.1) is 11.5 Å². The molecular weight excluding hydrogens is 228 g/mol. The van der Waals surface area contributed by atoms with Gasteiger partial charge in [0, 0.05) is 20.1 Å². The quantitative estimate of drug-likeness (QED) is 0.614. The first-order chi connectivity index (χ1) is 8.67. The molecule has 0 amide bonds. The maximum Gasteiger partial charge on any atom is 0.183 e. The first kappa shape index (κ1) is 12.2. The summed E-state index contributed by atoms with van der Waals surface area (Å²) < 4.78 is 11.3. The number of hydrogen-bond acceptors (Lipinski definition) is 3. The van der Waals surface area contributed by atoms with Gasteiger partial charge in [0.15, 0.2) is 5.79 Å². The van der Waals surface area contributed by atoms with E-state index in [-0.39, 0.29) is 11.8 Å². The van der Waals surface area contributed by atoms with Gasteiger partial charge in [-0.15, -0.1) is 0 Å². The minimum Gasteiger partial charge on any atom is -0.385 e. The summed E-state index contributed by atoms with van der Waals surface area (Å²) in [5.74, 6) is -0.659. The Morgan fingerprint density at radius 3 is 2.56 bits per heavy atom. The first-order valence-corrected chi connectivity index (χ1v) is 6.53. The summed E-state index contributed by atoms with van der Waals surface area (Å²) in [6, 6.07) is 0. The number of ether oxygens (including phenoxy) is 2. The van der Waals surface area contributed by atoms with Gasteiger partial charge >= 0.3 is 0 Å². The van der Waals surface area contributed by atoms with Crippen molar-refractivity contribution in [1.29, 1.82) is 0 Å². The van der Waals surface area contributed by atoms with Gasteiger partial charge < -0.3 is 14.6 Å². The Bertz CT molecular complexity index is 431. The van der Waals surface area contributed by atoms with Gasteiger partial charge in [-0.25, -0.2) is 0 Å². The minimum atomic E-state index is -0.809. The zero-order valence-corrected chi connectivity index (χ0v) is 10.9. The third-order valence-corrected chi connectivity index (χ3v) is 4.73. The number of allylic oxidation sites excluding steroid dienone is 3. The molecule has 0 saturated heterocycles. The van der Waals surface area contributed by atoms with Crippen molar-refractivity contribution in [3.63, 3.8) is 0 Å². The molecule has 3 heteroatoms. The van der Waals surface area contributed by atoms with Crippen LogP contribution in [0.2, 0.25) is 0 Å². The third-order valence-electron chi connectivity index (χ3n) is 4.73. The molecule has 3 unspecified atom stereocenters. The Hall–Kier alpha value is -0.900. The lowest BCUT2D eigenvalue weighted by atomic mass is 9.78. The molecule has 18 heavy (non-hydrogen) atoms. The Balaban J connectivity index is 1.97. The molecule has 1 saturated carbocycles. The van der Waals surface area contributed by atoms with Crippen LogP contribution in [0.25, 0.3) is 0 Å². The van der Waals surface area contributed by atoms with E-state index in [1.807, 2.05) is 0 Å². The van der Waals surface area contributed by atoms with Crippen molar-refractivity contribution >= 4 is 0 Å². The maximum atomic E-state index is 11.1. The van der Waals surface area contributed by atoms with Crippen LogP contribution in [0.15, 0.2) is 36.0 Å². The summed E-state index contributed by atoms with van der Waals surface area (Å²) in [5.41, 5.74) is 0.302. The summed E-state index contributed by atoms with van der Waals surface area (Å²) in [6.07, 6.45) is 13.0. The van der Waals surface area contributed by atoms with Gasteiger partial charge in [-0.2, -0.15) is 0 Å². The maximum absolute atomic E-state index is 11.1. The van der Waals surface area contributed by atoms with Gasteiger partial charge in [-0.05, 0) is 24.8 Å². The van der Waals surface area contributed by atoms with Gasteiger partial charge in [-0.1, -0.05) is 30.4 Å². The molecule has 1 fully saturated rings. The Morgan fingerprint density at radius 2 is 2.00 bits per heavy atom. The molecule has 0 aromatic heterocycles. The van der Waals surface area contributed by atoms with Crippen LogP contribution in [0.3, 0.4) is 0 Å². The molecule has 3 aliphatic rings. The standard InChI is InChI=1S/C15H20O3/c1-17-15(18-2)12-8-9-13(15)14(16,10-12)11-6-4-3-5-7-11/h3-4,7-9,12-13,16H,5-6,10H2,1-2H3. The van der Waals surface area contributed by atoms with Crippen LogP contribution < -0.4 is 0 Å². The molecule has 3 atom stereocenters. The summed E-state index contributed by atoms with van der Waals surface area (Å²) in [6.45, 7) is 0. The number of fused-ring (bicyclic) bond motifs is 2. The van der Waals surface area contributed by atoms with Crippen molar-refractivity contribution in [3.8, 4) is 0 Å². The van der Waals surface area contributed by atoms with Crippen molar-refractivity contribution in [1.82, 2.24) is 0 Å². The monoisotopic (exact) mass is 248 g/mol. The van der Waals surface area contributed by atoms with Crippen molar-refractivity contribution in [2.75, 3.05) is 14.2 Å². The van der Waals surface area contributed by atoms with E-state index in [0.29, 0.717) is 6.42 Å². The lowest BCUT2D eigenvalue weighted by Gasteiger charge is -2.37. The number of rotatable bonds is 3. The van der Waals surface area contributed by atoms with Crippen LogP contribution in [0.4, 0.5) is 0 Å². The predicted octanol–water partition coefficient (Wildman–Crippen LogP) is 2.19. The average molecular weight is 248 g/mol. The molecule has 0 spiro atoms. The molecular formula is C15H20O3. The van der Waals surface area contributed by atoms with Crippen LogP contribution in [0.1, 0.15) is 19.3 Å². The number of methoxy groups -OCH3 is 2. The molecule has 0 aliphatic heterocycles. The number of aliphatic hydroxyl groups is 1. The summed E-state index contributed by atoms with van der Waals surface area (Å²) >= 11 is 0. The smallest absolute Gasteiger partial charge is 0.183 e. The van der Waals surface area contributed by atoms with Gasteiger partial charge in [-0.3, -0.25) is 0 Å². The predicted molar refractivity (Wildman–Crippen MR) is 68.9 cm³/mol. The minimum absolute atomic E-state index is 0.109. The van der Waals surface area contributed by atoms with E-state index in [0.717, 1.165) is 18.4 Å². The molecule has 3 rings (SSSR count). The van der Waals surface area contributed by atoms with Crippen molar-refractivity contribution in [2.24, 2.45) is 11.8 Å². The van der Waals surface area contributed by atoms with E-state index in [1.54, 1.807) is 14.2 Å². The van der Waals surface area contributed by atoms with Gasteiger partial charge in [0.1, 0.15) is 0 Å². The zero-order chi connectivity index (χ0) is 12.8. The normalized spacial score (nSPS) is 40.3. The van der Waals surface area contributed by atoms with E-state index < -0.39 is 11.4 Å². The number of hydrogen-bond donors (Lipinski definition) is 1. The molecule has 98 valence electrons. The van der Waals surface area contributed by atoms with E-state index in [4.69, 9.17) is 9.47 Å². The largest absolute Gasteiger partial charge is 0.385 e. The molecule has 0 heterocycles. The molecule has 3 aliphatic carbocycles. The summed E-state index contributed by atoms with van der Waals surface area (Å²) in [7, 11) is 3.33. The van der Waals surface area contributed by atoms with Crippen LogP contribution in [-0.2, 0) is 9.47 Å². The second kappa shape index (κ2) is 4.05. The highest BCUT2D eigenvalue weighted by Crippen LogP contribution is 2.58. The van der Waals surface area contributed by atoms with E-state index in [2.05, 4.69) is 30.4 Å². The van der Waals surface area contributed by atoms with E-state index >= 15 is 0 Å². The average Bonchev–Trinajstić information content (AvgIpc) is 2.90. The van der Waals surface area contributed by atoms with Crippen molar-refractivity contribution < 1.29 is 14.6 Å². The fourth-order valence-electron chi connectivity index (χ4n) is 3.83. The van der Waals surface area contributed by atoms with Crippen molar-refractivity contribution in [3.05, 3.63) is 36.0 Å². The molecule has 0 aromatic carbocycles. The second-order valence-corrected chi connectivity index (χ2v) is 5.37. The topological polar surface area (TPSA) is 38.7 Å². The van der Waals surface area contributed by atoms with Crippen LogP contribution >= 0.6 is 0 Å². The summed E-state index contributed by atoms with van der Waals surface area (Å²) in [4.78, 5) is 0. The van der Waals surface area contributed by atoms with Gasteiger partial charge in [0.2, 0.25) is 0 Å². The Kier molecular flexibility index (Phi) is 2.73. The fraction of sp³-hybridized carbons (Fsp3) is 0.600. The highest BCUT2D eigenvalue weighted by molar-refractivity contribution is 5.37. The molecule has 2 bridgehead atoms. The third kappa shape index (κ3) is 1.35. The molecule has 3 nitrogen and oxygen atoms in total. The van der Waals surface area contributed by atoms with Crippen LogP contribution in [-0.4, -0.2) is 30.7 Å². The van der Waals surface area contributed by atoms with E-state index in [9.17, 15) is 5.11 Å².